The van der Waals surface area contributed by atoms with Crippen LogP contribution in [0.2, 0.25) is 0 Å². The highest BCUT2D eigenvalue weighted by atomic mass is 32.2. The van der Waals surface area contributed by atoms with Crippen molar-refractivity contribution in [2.75, 3.05) is 19.3 Å². The Morgan fingerprint density at radius 2 is 2.43 bits per heavy atom. The number of fused-ring (bicyclic) bond motifs is 1. The molecule has 2 rings (SSSR count). The van der Waals surface area contributed by atoms with Crippen molar-refractivity contribution in [1.29, 1.82) is 0 Å². The fourth-order valence-corrected chi connectivity index (χ4v) is 3.07. The zero-order valence-corrected chi connectivity index (χ0v) is 9.03. The maximum atomic E-state index is 13.1. The van der Waals surface area contributed by atoms with Gasteiger partial charge < -0.3 is 5.32 Å². The molecular weight excluding hydrogens is 197 g/mol. The van der Waals surface area contributed by atoms with Crippen LogP contribution in [0.5, 0.6) is 0 Å². The van der Waals surface area contributed by atoms with E-state index in [2.05, 4.69) is 5.32 Å². The molecule has 0 spiro atoms. The summed E-state index contributed by atoms with van der Waals surface area (Å²) in [6, 6.07) is 5.13. The van der Waals surface area contributed by atoms with Crippen LogP contribution in [0, 0.1) is 5.82 Å². The van der Waals surface area contributed by atoms with Crippen LogP contribution in [0.15, 0.2) is 23.1 Å². The lowest BCUT2D eigenvalue weighted by atomic mass is 9.96. The van der Waals surface area contributed by atoms with Gasteiger partial charge in [-0.1, -0.05) is 0 Å². The molecule has 1 nitrogen and oxygen atoms in total. The van der Waals surface area contributed by atoms with Gasteiger partial charge in [-0.2, -0.15) is 0 Å². The molecule has 1 aromatic carbocycles. The Hall–Kier alpha value is -0.540. The number of thioether (sulfide) groups is 1. The molecule has 76 valence electrons. The summed E-state index contributed by atoms with van der Waals surface area (Å²) in [6.45, 7) is 0.941. The third-order valence-electron chi connectivity index (χ3n) is 2.59. The molecule has 1 atom stereocenters. The van der Waals surface area contributed by atoms with E-state index in [9.17, 15) is 4.39 Å². The number of hydrogen-bond donors (Lipinski definition) is 1. The first-order chi connectivity index (χ1) is 6.81. The van der Waals surface area contributed by atoms with Crippen molar-refractivity contribution in [2.45, 2.75) is 17.2 Å². The highest BCUT2D eigenvalue weighted by Gasteiger charge is 2.20. The second-order valence-electron chi connectivity index (χ2n) is 3.57. The molecule has 0 radical (unpaired) electrons. The van der Waals surface area contributed by atoms with Crippen molar-refractivity contribution in [1.82, 2.24) is 5.32 Å². The Kier molecular flexibility index (Phi) is 3.08. The van der Waals surface area contributed by atoms with E-state index in [0.29, 0.717) is 5.92 Å². The van der Waals surface area contributed by atoms with Crippen molar-refractivity contribution >= 4 is 11.8 Å². The Morgan fingerprint density at radius 1 is 1.57 bits per heavy atom. The van der Waals surface area contributed by atoms with E-state index in [1.54, 1.807) is 12.1 Å². The van der Waals surface area contributed by atoms with Gasteiger partial charge in [0.2, 0.25) is 0 Å². The summed E-state index contributed by atoms with van der Waals surface area (Å²) in [5.74, 6) is 1.50. The Balaban J connectivity index is 2.32. The molecule has 0 aliphatic carbocycles. The largest absolute Gasteiger partial charge is 0.319 e. The number of hydrogen-bond acceptors (Lipinski definition) is 2. The Bertz CT molecular complexity index is 327. The van der Waals surface area contributed by atoms with Gasteiger partial charge in [-0.3, -0.25) is 0 Å². The minimum Gasteiger partial charge on any atom is -0.319 e. The maximum absolute atomic E-state index is 13.1. The van der Waals surface area contributed by atoms with Crippen LogP contribution in [0.1, 0.15) is 17.9 Å². The second kappa shape index (κ2) is 4.32. The maximum Gasteiger partial charge on any atom is 0.123 e. The first-order valence-electron chi connectivity index (χ1n) is 4.88. The van der Waals surface area contributed by atoms with E-state index in [1.807, 2.05) is 24.9 Å². The van der Waals surface area contributed by atoms with E-state index in [1.165, 1.54) is 10.5 Å². The quantitative estimate of drug-likeness (QED) is 0.807. The standard InChI is InChI=1S/C11H14FNS/c1-13-7-8-4-5-14-11-3-2-9(12)6-10(8)11/h2-3,6,8,13H,4-5,7H2,1H3. The Morgan fingerprint density at radius 3 is 3.21 bits per heavy atom. The number of nitrogens with one attached hydrogen (secondary N) is 1. The van der Waals surface area contributed by atoms with Crippen LogP contribution in [0.4, 0.5) is 4.39 Å². The fourth-order valence-electron chi connectivity index (χ4n) is 1.89. The van der Waals surface area contributed by atoms with Gasteiger partial charge in [-0.25, -0.2) is 4.39 Å². The summed E-state index contributed by atoms with van der Waals surface area (Å²) in [6.07, 6.45) is 1.14. The normalized spacial score (nSPS) is 20.6. The SMILES string of the molecule is CNCC1CCSc2ccc(F)cc21. The minimum absolute atomic E-state index is 0.118. The summed E-state index contributed by atoms with van der Waals surface area (Å²) in [5.41, 5.74) is 1.18. The van der Waals surface area contributed by atoms with Crippen molar-refractivity contribution in [3.63, 3.8) is 0 Å². The van der Waals surface area contributed by atoms with Gasteiger partial charge in [0.1, 0.15) is 5.82 Å². The molecule has 1 aliphatic heterocycles. The van der Waals surface area contributed by atoms with Crippen molar-refractivity contribution in [2.24, 2.45) is 0 Å². The van der Waals surface area contributed by atoms with Crippen LogP contribution in [-0.2, 0) is 0 Å². The van der Waals surface area contributed by atoms with E-state index >= 15 is 0 Å². The van der Waals surface area contributed by atoms with Crippen LogP contribution in [0.3, 0.4) is 0 Å². The molecule has 0 fully saturated rings. The smallest absolute Gasteiger partial charge is 0.123 e. The van der Waals surface area contributed by atoms with Gasteiger partial charge in [0.15, 0.2) is 0 Å². The number of benzene rings is 1. The van der Waals surface area contributed by atoms with Crippen molar-refractivity contribution in [3.8, 4) is 0 Å². The molecule has 3 heteroatoms. The first kappa shape index (κ1) is 9.99. The molecule has 0 aromatic heterocycles. The first-order valence-corrected chi connectivity index (χ1v) is 5.86. The van der Waals surface area contributed by atoms with E-state index in [4.69, 9.17) is 0 Å². The third-order valence-corrected chi connectivity index (χ3v) is 3.71. The zero-order chi connectivity index (χ0) is 9.97. The van der Waals surface area contributed by atoms with Crippen molar-refractivity contribution < 1.29 is 4.39 Å². The number of rotatable bonds is 2. The molecule has 1 unspecified atom stereocenters. The molecule has 1 aromatic rings. The molecule has 14 heavy (non-hydrogen) atoms. The molecule has 0 saturated carbocycles. The number of halogens is 1. The number of likely N-dealkylation sites (N-methyl/N-ethyl adjacent to an activating group) is 1. The van der Waals surface area contributed by atoms with Crippen LogP contribution in [0.25, 0.3) is 0 Å². The third kappa shape index (κ3) is 1.93. The van der Waals surface area contributed by atoms with Gasteiger partial charge in [-0.05, 0) is 48.9 Å². The Labute approximate surface area is 88.1 Å². The second-order valence-corrected chi connectivity index (χ2v) is 4.71. The van der Waals surface area contributed by atoms with Gasteiger partial charge in [-0.15, -0.1) is 11.8 Å². The summed E-state index contributed by atoms with van der Waals surface area (Å²) in [4.78, 5) is 1.25. The van der Waals surface area contributed by atoms with E-state index in [-0.39, 0.29) is 5.82 Å². The average Bonchev–Trinajstić information content (AvgIpc) is 2.19. The lowest BCUT2D eigenvalue weighted by molar-refractivity contribution is 0.581. The van der Waals surface area contributed by atoms with Gasteiger partial charge in [0.25, 0.3) is 0 Å². The van der Waals surface area contributed by atoms with Gasteiger partial charge in [0, 0.05) is 11.4 Å². The lowest BCUT2D eigenvalue weighted by Crippen LogP contribution is -2.20. The molecule has 0 bridgehead atoms. The molecule has 1 aliphatic rings. The van der Waals surface area contributed by atoms with Gasteiger partial charge >= 0.3 is 0 Å². The summed E-state index contributed by atoms with van der Waals surface area (Å²) >= 11 is 1.83. The molecular formula is C11H14FNS. The summed E-state index contributed by atoms with van der Waals surface area (Å²) < 4.78 is 13.1. The zero-order valence-electron chi connectivity index (χ0n) is 8.22. The lowest BCUT2D eigenvalue weighted by Gasteiger charge is -2.24. The van der Waals surface area contributed by atoms with Crippen molar-refractivity contribution in [3.05, 3.63) is 29.6 Å². The minimum atomic E-state index is -0.118. The van der Waals surface area contributed by atoms with Crippen LogP contribution in [-0.4, -0.2) is 19.3 Å². The molecule has 0 amide bonds. The molecule has 0 saturated heterocycles. The van der Waals surface area contributed by atoms with Crippen LogP contribution < -0.4 is 5.32 Å². The topological polar surface area (TPSA) is 12.0 Å². The van der Waals surface area contributed by atoms with Gasteiger partial charge in [0.05, 0.1) is 0 Å². The average molecular weight is 211 g/mol. The van der Waals surface area contributed by atoms with Crippen LogP contribution >= 0.6 is 11.8 Å². The fraction of sp³-hybridized carbons (Fsp3) is 0.455. The monoisotopic (exact) mass is 211 g/mol. The van der Waals surface area contributed by atoms with E-state index in [0.717, 1.165) is 18.7 Å². The predicted octanol–water partition coefficient (Wildman–Crippen LogP) is 2.62. The predicted molar refractivity (Wildman–Crippen MR) is 58.4 cm³/mol. The highest BCUT2D eigenvalue weighted by molar-refractivity contribution is 7.99. The summed E-state index contributed by atoms with van der Waals surface area (Å²) in [5, 5.41) is 3.17. The highest BCUT2D eigenvalue weighted by Crippen LogP contribution is 2.37. The summed E-state index contributed by atoms with van der Waals surface area (Å²) in [7, 11) is 1.95. The van der Waals surface area contributed by atoms with E-state index < -0.39 is 0 Å². The molecule has 1 N–H and O–H groups in total. The molecule has 1 heterocycles.